The SMILES string of the molecule is CC(CCC(=O)O)NC1CCN(C(C)C)CC1. The van der Waals surface area contributed by atoms with E-state index in [1.165, 1.54) is 12.8 Å². The Labute approximate surface area is 104 Å². The fourth-order valence-corrected chi connectivity index (χ4v) is 2.41. The summed E-state index contributed by atoms with van der Waals surface area (Å²) in [5.41, 5.74) is 0. The average molecular weight is 242 g/mol. The maximum atomic E-state index is 10.5. The zero-order valence-corrected chi connectivity index (χ0v) is 11.3. The normalized spacial score (nSPS) is 20.7. The molecule has 0 saturated carbocycles. The summed E-state index contributed by atoms with van der Waals surface area (Å²) in [4.78, 5) is 13.0. The van der Waals surface area contributed by atoms with Gasteiger partial charge in [0.15, 0.2) is 0 Å². The van der Waals surface area contributed by atoms with Crippen LogP contribution in [-0.4, -0.2) is 47.2 Å². The van der Waals surface area contributed by atoms with Crippen molar-refractivity contribution in [2.75, 3.05) is 13.1 Å². The number of hydrogen-bond acceptors (Lipinski definition) is 3. The minimum atomic E-state index is -0.701. The van der Waals surface area contributed by atoms with Gasteiger partial charge >= 0.3 is 5.97 Å². The molecule has 0 bridgehead atoms. The van der Waals surface area contributed by atoms with Crippen LogP contribution in [0.5, 0.6) is 0 Å². The summed E-state index contributed by atoms with van der Waals surface area (Å²) in [5, 5.41) is 12.2. The summed E-state index contributed by atoms with van der Waals surface area (Å²) in [6, 6.07) is 1.51. The smallest absolute Gasteiger partial charge is 0.303 e. The van der Waals surface area contributed by atoms with Gasteiger partial charge in [-0.3, -0.25) is 4.79 Å². The molecule has 0 amide bonds. The number of piperidine rings is 1. The minimum absolute atomic E-state index is 0.263. The van der Waals surface area contributed by atoms with Gasteiger partial charge < -0.3 is 15.3 Å². The number of nitrogens with zero attached hydrogens (tertiary/aromatic N) is 1. The van der Waals surface area contributed by atoms with Crippen molar-refractivity contribution < 1.29 is 9.90 Å². The molecule has 1 saturated heterocycles. The second-order valence-electron chi connectivity index (χ2n) is 5.40. The van der Waals surface area contributed by atoms with E-state index in [0.717, 1.165) is 19.5 Å². The van der Waals surface area contributed by atoms with Gasteiger partial charge in [0.05, 0.1) is 0 Å². The molecule has 1 atom stereocenters. The number of nitrogens with one attached hydrogen (secondary N) is 1. The van der Waals surface area contributed by atoms with Crippen molar-refractivity contribution in [2.24, 2.45) is 0 Å². The lowest BCUT2D eigenvalue weighted by molar-refractivity contribution is -0.137. The van der Waals surface area contributed by atoms with E-state index in [1.807, 2.05) is 0 Å². The average Bonchev–Trinajstić information content (AvgIpc) is 2.27. The maximum absolute atomic E-state index is 10.5. The fraction of sp³-hybridized carbons (Fsp3) is 0.923. The summed E-state index contributed by atoms with van der Waals surface area (Å²) < 4.78 is 0. The molecule has 1 aliphatic rings. The zero-order chi connectivity index (χ0) is 12.8. The van der Waals surface area contributed by atoms with Crippen LogP contribution in [0, 0.1) is 0 Å². The van der Waals surface area contributed by atoms with E-state index in [9.17, 15) is 4.79 Å². The molecule has 0 aromatic carbocycles. The Morgan fingerprint density at radius 2 is 1.94 bits per heavy atom. The quantitative estimate of drug-likeness (QED) is 0.744. The van der Waals surface area contributed by atoms with Gasteiger partial charge in [-0.1, -0.05) is 0 Å². The second-order valence-corrected chi connectivity index (χ2v) is 5.40. The summed E-state index contributed by atoms with van der Waals surface area (Å²) in [6.07, 6.45) is 3.34. The Hall–Kier alpha value is -0.610. The number of likely N-dealkylation sites (tertiary alicyclic amines) is 1. The molecule has 1 fully saturated rings. The van der Waals surface area contributed by atoms with E-state index in [0.29, 0.717) is 18.1 Å². The zero-order valence-electron chi connectivity index (χ0n) is 11.3. The number of aliphatic carboxylic acids is 1. The Balaban J connectivity index is 2.19. The van der Waals surface area contributed by atoms with Crippen molar-refractivity contribution in [3.8, 4) is 0 Å². The summed E-state index contributed by atoms with van der Waals surface area (Å²) in [6.45, 7) is 8.87. The van der Waals surface area contributed by atoms with Gasteiger partial charge in [-0.2, -0.15) is 0 Å². The molecule has 1 unspecified atom stereocenters. The third-order valence-electron chi connectivity index (χ3n) is 3.57. The Morgan fingerprint density at radius 1 is 1.35 bits per heavy atom. The summed E-state index contributed by atoms with van der Waals surface area (Å²) >= 11 is 0. The molecule has 4 nitrogen and oxygen atoms in total. The first-order chi connectivity index (χ1) is 7.99. The van der Waals surface area contributed by atoms with Crippen LogP contribution in [0.1, 0.15) is 46.5 Å². The Bertz CT molecular complexity index is 236. The van der Waals surface area contributed by atoms with Crippen LogP contribution in [0.3, 0.4) is 0 Å². The molecular formula is C13H26N2O2. The lowest BCUT2D eigenvalue weighted by atomic mass is 10.0. The first kappa shape index (κ1) is 14.5. The lowest BCUT2D eigenvalue weighted by Crippen LogP contribution is -2.47. The molecule has 0 radical (unpaired) electrons. The van der Waals surface area contributed by atoms with E-state index >= 15 is 0 Å². The topological polar surface area (TPSA) is 52.6 Å². The van der Waals surface area contributed by atoms with Crippen LogP contribution in [0.15, 0.2) is 0 Å². The van der Waals surface area contributed by atoms with E-state index in [1.54, 1.807) is 0 Å². The van der Waals surface area contributed by atoms with Crippen molar-refractivity contribution >= 4 is 5.97 Å². The van der Waals surface area contributed by atoms with Gasteiger partial charge in [-0.05, 0) is 53.1 Å². The summed E-state index contributed by atoms with van der Waals surface area (Å²) in [7, 11) is 0. The fourth-order valence-electron chi connectivity index (χ4n) is 2.41. The third kappa shape index (κ3) is 5.50. The predicted molar refractivity (Wildman–Crippen MR) is 69.2 cm³/mol. The largest absolute Gasteiger partial charge is 0.481 e. The Morgan fingerprint density at radius 3 is 2.41 bits per heavy atom. The molecule has 2 N–H and O–H groups in total. The molecule has 4 heteroatoms. The van der Waals surface area contributed by atoms with Gasteiger partial charge in [0, 0.05) is 24.5 Å². The molecule has 100 valence electrons. The van der Waals surface area contributed by atoms with E-state index < -0.39 is 5.97 Å². The van der Waals surface area contributed by atoms with Crippen LogP contribution >= 0.6 is 0 Å². The van der Waals surface area contributed by atoms with Gasteiger partial charge in [0.25, 0.3) is 0 Å². The molecule has 17 heavy (non-hydrogen) atoms. The van der Waals surface area contributed by atoms with Crippen molar-refractivity contribution in [1.82, 2.24) is 10.2 Å². The first-order valence-corrected chi connectivity index (χ1v) is 6.71. The lowest BCUT2D eigenvalue weighted by Gasteiger charge is -2.36. The monoisotopic (exact) mass is 242 g/mol. The number of carboxylic acids is 1. The van der Waals surface area contributed by atoms with Gasteiger partial charge in [-0.15, -0.1) is 0 Å². The number of rotatable bonds is 6. The van der Waals surface area contributed by atoms with E-state index in [-0.39, 0.29) is 6.42 Å². The minimum Gasteiger partial charge on any atom is -0.481 e. The molecule has 1 rings (SSSR count). The number of carboxylic acid groups (broad SMARTS) is 1. The predicted octanol–water partition coefficient (Wildman–Crippen LogP) is 1.70. The second kappa shape index (κ2) is 6.97. The highest BCUT2D eigenvalue weighted by atomic mass is 16.4. The maximum Gasteiger partial charge on any atom is 0.303 e. The number of hydrogen-bond donors (Lipinski definition) is 2. The molecular weight excluding hydrogens is 216 g/mol. The van der Waals surface area contributed by atoms with E-state index in [2.05, 4.69) is 31.0 Å². The van der Waals surface area contributed by atoms with Crippen LogP contribution in [0.25, 0.3) is 0 Å². The van der Waals surface area contributed by atoms with Crippen molar-refractivity contribution in [2.45, 2.75) is 64.6 Å². The Kier molecular flexibility index (Phi) is 5.92. The molecule has 0 aliphatic carbocycles. The highest BCUT2D eigenvalue weighted by molar-refractivity contribution is 5.66. The van der Waals surface area contributed by atoms with Crippen LogP contribution in [0.2, 0.25) is 0 Å². The van der Waals surface area contributed by atoms with Crippen LogP contribution < -0.4 is 5.32 Å². The highest BCUT2D eigenvalue weighted by Gasteiger charge is 2.21. The van der Waals surface area contributed by atoms with Crippen molar-refractivity contribution in [3.63, 3.8) is 0 Å². The number of carbonyl (C=O) groups is 1. The standard InChI is InChI=1S/C13H26N2O2/c1-10(2)15-8-6-12(7-9-15)14-11(3)4-5-13(16)17/h10-12,14H,4-9H2,1-3H3,(H,16,17). The van der Waals surface area contributed by atoms with Crippen LogP contribution in [-0.2, 0) is 4.79 Å². The van der Waals surface area contributed by atoms with E-state index in [4.69, 9.17) is 5.11 Å². The third-order valence-corrected chi connectivity index (χ3v) is 3.57. The molecule has 1 aliphatic heterocycles. The molecule has 1 heterocycles. The molecule has 0 aromatic heterocycles. The highest BCUT2D eigenvalue weighted by Crippen LogP contribution is 2.14. The summed E-state index contributed by atoms with van der Waals surface area (Å²) in [5.74, 6) is -0.701. The van der Waals surface area contributed by atoms with Gasteiger partial charge in [0.1, 0.15) is 0 Å². The first-order valence-electron chi connectivity index (χ1n) is 6.71. The van der Waals surface area contributed by atoms with Gasteiger partial charge in [0.2, 0.25) is 0 Å². The van der Waals surface area contributed by atoms with Gasteiger partial charge in [-0.25, -0.2) is 0 Å². The van der Waals surface area contributed by atoms with Crippen molar-refractivity contribution in [3.05, 3.63) is 0 Å². The van der Waals surface area contributed by atoms with Crippen LogP contribution in [0.4, 0.5) is 0 Å². The van der Waals surface area contributed by atoms with Crippen molar-refractivity contribution in [1.29, 1.82) is 0 Å². The molecule has 0 aromatic rings. The molecule has 0 spiro atoms.